The summed E-state index contributed by atoms with van der Waals surface area (Å²) in [5.74, 6) is 0.00314. The second-order valence-electron chi connectivity index (χ2n) is 8.39. The van der Waals surface area contributed by atoms with Crippen molar-refractivity contribution in [2.24, 2.45) is 0 Å². The summed E-state index contributed by atoms with van der Waals surface area (Å²) in [6.07, 6.45) is 5.37. The van der Waals surface area contributed by atoms with Crippen molar-refractivity contribution in [2.45, 2.75) is 51.6 Å². The highest BCUT2D eigenvalue weighted by molar-refractivity contribution is 7.17. The number of likely N-dealkylation sites (tertiary alicyclic amines) is 1. The lowest BCUT2D eigenvalue weighted by atomic mass is 9.99. The lowest BCUT2D eigenvalue weighted by Gasteiger charge is -2.36. The maximum Gasteiger partial charge on any atom is 0.257 e. The minimum atomic E-state index is -0.0888. The molecule has 158 valence electrons. The van der Waals surface area contributed by atoms with Gasteiger partial charge in [-0.1, -0.05) is 13.3 Å². The number of carbonyl (C=O) groups is 3. The van der Waals surface area contributed by atoms with Crippen molar-refractivity contribution in [2.75, 3.05) is 45.2 Å². The molecule has 0 N–H and O–H groups in total. The average molecular weight is 419 g/mol. The summed E-state index contributed by atoms with van der Waals surface area (Å²) in [5, 5.41) is 0.728. The fraction of sp³-hybridized carbons (Fsp3) is 0.667. The number of amides is 3. The van der Waals surface area contributed by atoms with Crippen molar-refractivity contribution >= 4 is 34.1 Å². The Morgan fingerprint density at radius 3 is 2.69 bits per heavy atom. The number of hydrogen-bond donors (Lipinski definition) is 0. The molecule has 0 aliphatic carbocycles. The molecule has 3 aliphatic rings. The van der Waals surface area contributed by atoms with Crippen LogP contribution in [-0.2, 0) is 22.6 Å². The zero-order valence-corrected chi connectivity index (χ0v) is 18.4. The fourth-order valence-corrected chi connectivity index (χ4v) is 6.08. The number of thiophene rings is 1. The third-order valence-corrected chi connectivity index (χ3v) is 7.85. The number of anilines is 1. The molecule has 8 heteroatoms. The maximum absolute atomic E-state index is 13.0. The second-order valence-corrected chi connectivity index (χ2v) is 9.48. The van der Waals surface area contributed by atoms with E-state index in [1.165, 1.54) is 35.5 Å². The molecule has 7 nitrogen and oxygen atoms in total. The molecular formula is C21H30N4O3S. The first kappa shape index (κ1) is 20.3. The van der Waals surface area contributed by atoms with Crippen LogP contribution < -0.4 is 4.90 Å². The number of fused-ring (bicyclic) bond motifs is 3. The Balaban J connectivity index is 1.53. The smallest absolute Gasteiger partial charge is 0.257 e. The molecule has 0 saturated carbocycles. The van der Waals surface area contributed by atoms with E-state index in [-0.39, 0.29) is 24.3 Å². The first-order chi connectivity index (χ1) is 13.9. The Morgan fingerprint density at radius 1 is 1.14 bits per heavy atom. The van der Waals surface area contributed by atoms with Gasteiger partial charge < -0.3 is 14.7 Å². The van der Waals surface area contributed by atoms with Crippen molar-refractivity contribution in [3.05, 3.63) is 16.0 Å². The van der Waals surface area contributed by atoms with Gasteiger partial charge in [0.1, 0.15) is 11.5 Å². The third-order valence-electron chi connectivity index (χ3n) is 6.56. The van der Waals surface area contributed by atoms with Crippen LogP contribution in [0.1, 0.15) is 53.4 Å². The van der Waals surface area contributed by atoms with Crippen LogP contribution in [-0.4, -0.2) is 78.7 Å². The minimum absolute atomic E-state index is 0.0816. The number of nitrogens with zero attached hydrogens (tertiary/aromatic N) is 4. The number of piperidine rings is 1. The van der Waals surface area contributed by atoms with Crippen molar-refractivity contribution in [1.29, 1.82) is 0 Å². The van der Waals surface area contributed by atoms with Crippen LogP contribution in [0.5, 0.6) is 0 Å². The van der Waals surface area contributed by atoms with Gasteiger partial charge in [0.25, 0.3) is 5.91 Å². The molecule has 0 bridgehead atoms. The van der Waals surface area contributed by atoms with Crippen molar-refractivity contribution in [3.63, 3.8) is 0 Å². The summed E-state index contributed by atoms with van der Waals surface area (Å²) >= 11 is 1.49. The largest absolute Gasteiger partial charge is 0.336 e. The molecular weight excluding hydrogens is 388 g/mol. The predicted molar refractivity (Wildman–Crippen MR) is 113 cm³/mol. The number of likely N-dealkylation sites (N-methyl/N-ethyl adjacent to an activating group) is 2. The van der Waals surface area contributed by atoms with E-state index in [1.54, 1.807) is 19.0 Å². The van der Waals surface area contributed by atoms with Gasteiger partial charge in [-0.3, -0.25) is 19.3 Å². The van der Waals surface area contributed by atoms with Gasteiger partial charge in [-0.05, 0) is 37.8 Å². The number of rotatable bonds is 3. The molecule has 29 heavy (non-hydrogen) atoms. The molecule has 1 unspecified atom stereocenters. The Bertz CT molecular complexity index is 836. The lowest BCUT2D eigenvalue weighted by Crippen LogP contribution is -2.47. The lowest BCUT2D eigenvalue weighted by molar-refractivity contribution is -0.134. The number of hydrogen-bond acceptors (Lipinski definition) is 5. The van der Waals surface area contributed by atoms with E-state index in [9.17, 15) is 14.4 Å². The van der Waals surface area contributed by atoms with Crippen LogP contribution in [0.25, 0.3) is 0 Å². The molecule has 1 saturated heterocycles. The molecule has 0 aromatic carbocycles. The summed E-state index contributed by atoms with van der Waals surface area (Å²) in [5.41, 5.74) is 1.69. The minimum Gasteiger partial charge on any atom is -0.336 e. The highest BCUT2D eigenvalue weighted by Crippen LogP contribution is 2.40. The molecule has 4 rings (SSSR count). The zero-order chi connectivity index (χ0) is 20.7. The summed E-state index contributed by atoms with van der Waals surface area (Å²) in [6, 6.07) is 0.513. The van der Waals surface area contributed by atoms with Gasteiger partial charge in [0.05, 0.1) is 18.7 Å². The van der Waals surface area contributed by atoms with Gasteiger partial charge in [-0.2, -0.15) is 0 Å². The van der Waals surface area contributed by atoms with Gasteiger partial charge in [0.15, 0.2) is 0 Å². The molecule has 3 aliphatic heterocycles. The molecule has 1 atom stereocenters. The molecule has 1 fully saturated rings. The molecule has 4 heterocycles. The van der Waals surface area contributed by atoms with Gasteiger partial charge in [0.2, 0.25) is 11.8 Å². The average Bonchev–Trinajstić information content (AvgIpc) is 3.08. The summed E-state index contributed by atoms with van der Waals surface area (Å²) in [6.45, 7) is 4.96. The summed E-state index contributed by atoms with van der Waals surface area (Å²) in [7, 11) is 3.41. The first-order valence-electron chi connectivity index (χ1n) is 10.6. The molecule has 1 aromatic heterocycles. The van der Waals surface area contributed by atoms with Crippen molar-refractivity contribution < 1.29 is 14.4 Å². The Kier molecular flexibility index (Phi) is 5.66. The van der Waals surface area contributed by atoms with Crippen LogP contribution in [0.15, 0.2) is 0 Å². The van der Waals surface area contributed by atoms with E-state index in [1.807, 2.05) is 4.90 Å². The molecule has 0 spiro atoms. The first-order valence-corrected chi connectivity index (χ1v) is 11.4. The van der Waals surface area contributed by atoms with E-state index in [0.29, 0.717) is 37.7 Å². The predicted octanol–water partition coefficient (Wildman–Crippen LogP) is 1.95. The highest BCUT2D eigenvalue weighted by atomic mass is 32.1. The van der Waals surface area contributed by atoms with Crippen LogP contribution in [0, 0.1) is 0 Å². The van der Waals surface area contributed by atoms with Crippen LogP contribution >= 0.6 is 11.3 Å². The van der Waals surface area contributed by atoms with Gasteiger partial charge in [-0.25, -0.2) is 0 Å². The summed E-state index contributed by atoms with van der Waals surface area (Å²) < 4.78 is 0. The Hall–Kier alpha value is -1.93. The topological polar surface area (TPSA) is 64.2 Å². The second kappa shape index (κ2) is 8.07. The molecule has 1 aromatic rings. The third kappa shape index (κ3) is 3.68. The number of carbonyl (C=O) groups excluding carboxylic acids is 3. The van der Waals surface area contributed by atoms with Gasteiger partial charge in [0, 0.05) is 31.6 Å². The summed E-state index contributed by atoms with van der Waals surface area (Å²) in [4.78, 5) is 46.7. The van der Waals surface area contributed by atoms with Crippen molar-refractivity contribution in [3.8, 4) is 0 Å². The standard InChI is InChI=1S/C21H30N4O3S/c1-4-14-7-5-6-9-24(14)13-18(27)25-10-8-15-16(11-25)29-21-19(15)20(28)22(2)12-17(26)23(21)3/h14H,4-13H2,1-3H3. The van der Waals surface area contributed by atoms with Crippen LogP contribution in [0.3, 0.4) is 0 Å². The van der Waals surface area contributed by atoms with Crippen molar-refractivity contribution in [1.82, 2.24) is 14.7 Å². The van der Waals surface area contributed by atoms with Crippen LogP contribution in [0.4, 0.5) is 5.00 Å². The normalized spacial score (nSPS) is 23.1. The van der Waals surface area contributed by atoms with Crippen LogP contribution in [0.2, 0.25) is 0 Å². The van der Waals surface area contributed by atoms with E-state index in [2.05, 4.69) is 11.8 Å². The maximum atomic E-state index is 13.0. The van der Waals surface area contributed by atoms with Gasteiger partial charge >= 0.3 is 0 Å². The molecule has 3 amide bonds. The monoisotopic (exact) mass is 418 g/mol. The van der Waals surface area contributed by atoms with E-state index in [4.69, 9.17) is 0 Å². The SMILES string of the molecule is CCC1CCCCN1CC(=O)N1CCc2c(sc3c2C(=O)N(C)CC(=O)N3C)C1. The van der Waals surface area contributed by atoms with E-state index < -0.39 is 0 Å². The Labute approximate surface area is 176 Å². The Morgan fingerprint density at radius 2 is 1.93 bits per heavy atom. The zero-order valence-electron chi connectivity index (χ0n) is 17.6. The van der Waals surface area contributed by atoms with E-state index >= 15 is 0 Å². The molecule has 0 radical (unpaired) electrons. The quantitative estimate of drug-likeness (QED) is 0.753. The van der Waals surface area contributed by atoms with E-state index in [0.717, 1.165) is 28.4 Å². The van der Waals surface area contributed by atoms with Gasteiger partial charge in [-0.15, -0.1) is 11.3 Å². The highest BCUT2D eigenvalue weighted by Gasteiger charge is 2.36. The fourth-order valence-electron chi connectivity index (χ4n) is 4.75.